The van der Waals surface area contributed by atoms with Crippen LogP contribution in [-0.4, -0.2) is 41.2 Å². The van der Waals surface area contributed by atoms with Gasteiger partial charge in [-0.3, -0.25) is 4.98 Å². The lowest BCUT2D eigenvalue weighted by atomic mass is 10.1. The summed E-state index contributed by atoms with van der Waals surface area (Å²) in [6.07, 6.45) is 4.00. The maximum absolute atomic E-state index is 12.1. The molecule has 7 heteroatoms. The molecule has 0 spiro atoms. The van der Waals surface area contributed by atoms with Crippen molar-refractivity contribution in [3.05, 3.63) is 36.4 Å². The van der Waals surface area contributed by atoms with Crippen LogP contribution in [0.3, 0.4) is 0 Å². The molecule has 2 aromatic heterocycles. The standard InChI is InChI=1S/C17H20N3O3P/c1-11(24(3,4)21)9-16-19-17(23-20-16)13-5-6-15(22-2)12-7-8-18-10-14(12)13/h5-8,10-11H,9H2,1-4H3. The molecule has 0 aliphatic rings. The third kappa shape index (κ3) is 3.20. The van der Waals surface area contributed by atoms with Gasteiger partial charge in [0.15, 0.2) is 5.82 Å². The Morgan fingerprint density at radius 3 is 2.75 bits per heavy atom. The summed E-state index contributed by atoms with van der Waals surface area (Å²) < 4.78 is 22.9. The summed E-state index contributed by atoms with van der Waals surface area (Å²) >= 11 is 0. The van der Waals surface area contributed by atoms with E-state index in [0.29, 0.717) is 18.1 Å². The van der Waals surface area contributed by atoms with Crippen LogP contribution in [0.4, 0.5) is 0 Å². The van der Waals surface area contributed by atoms with Crippen molar-refractivity contribution in [2.45, 2.75) is 19.0 Å². The minimum Gasteiger partial charge on any atom is -0.496 e. The van der Waals surface area contributed by atoms with Gasteiger partial charge < -0.3 is 13.8 Å². The zero-order valence-electron chi connectivity index (χ0n) is 14.2. The van der Waals surface area contributed by atoms with Gasteiger partial charge in [-0.2, -0.15) is 4.98 Å². The molecule has 0 N–H and O–H groups in total. The fourth-order valence-corrected chi connectivity index (χ4v) is 3.06. The molecule has 2 heterocycles. The number of benzene rings is 1. The number of ether oxygens (including phenoxy) is 1. The lowest BCUT2D eigenvalue weighted by Crippen LogP contribution is -2.07. The second kappa shape index (κ2) is 6.36. The van der Waals surface area contributed by atoms with E-state index in [9.17, 15) is 4.57 Å². The summed E-state index contributed by atoms with van der Waals surface area (Å²) in [5.41, 5.74) is 0.818. The van der Waals surface area contributed by atoms with Gasteiger partial charge in [0.1, 0.15) is 5.75 Å². The van der Waals surface area contributed by atoms with Crippen molar-refractivity contribution in [3.8, 4) is 17.2 Å². The zero-order valence-corrected chi connectivity index (χ0v) is 15.1. The Bertz CT molecular complexity index is 916. The summed E-state index contributed by atoms with van der Waals surface area (Å²) in [6.45, 7) is 5.51. The predicted molar refractivity (Wildman–Crippen MR) is 94.2 cm³/mol. The second-order valence-corrected chi connectivity index (χ2v) is 9.99. The van der Waals surface area contributed by atoms with Crippen molar-refractivity contribution in [1.29, 1.82) is 0 Å². The number of nitrogens with zero attached hydrogens (tertiary/aromatic N) is 3. The highest BCUT2D eigenvalue weighted by Gasteiger charge is 2.22. The lowest BCUT2D eigenvalue weighted by molar-refractivity contribution is 0.418. The van der Waals surface area contributed by atoms with Crippen molar-refractivity contribution in [1.82, 2.24) is 15.1 Å². The summed E-state index contributed by atoms with van der Waals surface area (Å²) in [4.78, 5) is 8.65. The number of methoxy groups -OCH3 is 1. The average molecular weight is 345 g/mol. The van der Waals surface area contributed by atoms with E-state index in [4.69, 9.17) is 9.26 Å². The molecule has 1 aromatic carbocycles. The van der Waals surface area contributed by atoms with Crippen LogP contribution in [0.5, 0.6) is 5.75 Å². The van der Waals surface area contributed by atoms with E-state index in [-0.39, 0.29) is 5.66 Å². The molecule has 0 bridgehead atoms. The Morgan fingerprint density at radius 2 is 2.04 bits per heavy atom. The molecular weight excluding hydrogens is 325 g/mol. The molecular formula is C17H20N3O3P. The fourth-order valence-electron chi connectivity index (χ4n) is 2.46. The van der Waals surface area contributed by atoms with Crippen LogP contribution in [-0.2, 0) is 11.0 Å². The third-order valence-electron chi connectivity index (χ3n) is 4.24. The van der Waals surface area contributed by atoms with Crippen LogP contribution in [0, 0.1) is 0 Å². The van der Waals surface area contributed by atoms with Crippen molar-refractivity contribution >= 4 is 17.9 Å². The first-order chi connectivity index (χ1) is 11.4. The molecule has 1 atom stereocenters. The van der Waals surface area contributed by atoms with E-state index >= 15 is 0 Å². The molecule has 6 nitrogen and oxygen atoms in total. The highest BCUT2D eigenvalue weighted by molar-refractivity contribution is 7.63. The van der Waals surface area contributed by atoms with Crippen LogP contribution >= 0.6 is 7.14 Å². The molecule has 0 saturated carbocycles. The van der Waals surface area contributed by atoms with E-state index in [1.165, 1.54) is 0 Å². The van der Waals surface area contributed by atoms with E-state index in [1.807, 2.05) is 25.1 Å². The average Bonchev–Trinajstić information content (AvgIpc) is 3.01. The van der Waals surface area contributed by atoms with Gasteiger partial charge in [-0.25, -0.2) is 0 Å². The third-order valence-corrected chi connectivity index (χ3v) is 6.54. The zero-order chi connectivity index (χ0) is 17.3. The Kier molecular flexibility index (Phi) is 4.41. The maximum atomic E-state index is 12.1. The minimum absolute atomic E-state index is 0.0113. The number of fused-ring (bicyclic) bond motifs is 1. The van der Waals surface area contributed by atoms with E-state index < -0.39 is 7.14 Å². The molecule has 24 heavy (non-hydrogen) atoms. The van der Waals surface area contributed by atoms with Crippen molar-refractivity contribution in [2.24, 2.45) is 0 Å². The predicted octanol–water partition coefficient (Wildman–Crippen LogP) is 3.85. The lowest BCUT2D eigenvalue weighted by Gasteiger charge is -2.13. The molecule has 0 aliphatic carbocycles. The van der Waals surface area contributed by atoms with Crippen LogP contribution in [0.25, 0.3) is 22.2 Å². The largest absolute Gasteiger partial charge is 0.496 e. The van der Waals surface area contributed by atoms with Gasteiger partial charge in [0.2, 0.25) is 0 Å². The van der Waals surface area contributed by atoms with Gasteiger partial charge in [-0.05, 0) is 31.5 Å². The van der Waals surface area contributed by atoms with Gasteiger partial charge in [-0.1, -0.05) is 12.1 Å². The fraction of sp³-hybridized carbons (Fsp3) is 0.353. The van der Waals surface area contributed by atoms with Crippen LogP contribution in [0.2, 0.25) is 0 Å². The molecule has 0 radical (unpaired) electrons. The summed E-state index contributed by atoms with van der Waals surface area (Å²) in [7, 11) is -0.549. The Morgan fingerprint density at radius 1 is 1.25 bits per heavy atom. The van der Waals surface area contributed by atoms with E-state index in [1.54, 1.807) is 32.8 Å². The van der Waals surface area contributed by atoms with Crippen molar-refractivity contribution in [3.63, 3.8) is 0 Å². The summed E-state index contributed by atoms with van der Waals surface area (Å²) in [5.74, 6) is 1.76. The molecule has 3 aromatic rings. The first kappa shape index (κ1) is 16.7. The molecule has 126 valence electrons. The first-order valence-electron chi connectivity index (χ1n) is 7.68. The normalized spacial score (nSPS) is 13.2. The molecule has 1 unspecified atom stereocenters. The minimum atomic E-state index is -2.18. The molecule has 0 fully saturated rings. The Balaban J connectivity index is 1.99. The van der Waals surface area contributed by atoms with E-state index in [0.717, 1.165) is 22.1 Å². The molecule has 0 amide bonds. The quantitative estimate of drug-likeness (QED) is 0.654. The van der Waals surface area contributed by atoms with Crippen LogP contribution in [0.1, 0.15) is 12.7 Å². The first-order valence-corrected chi connectivity index (χ1v) is 10.4. The maximum Gasteiger partial charge on any atom is 0.258 e. The highest BCUT2D eigenvalue weighted by Crippen LogP contribution is 2.43. The van der Waals surface area contributed by atoms with Gasteiger partial charge in [0.05, 0.1) is 14.3 Å². The number of pyridine rings is 1. The number of hydrogen-bond donors (Lipinski definition) is 0. The topological polar surface area (TPSA) is 78.1 Å². The smallest absolute Gasteiger partial charge is 0.258 e. The second-order valence-electron chi connectivity index (χ2n) is 6.24. The number of rotatable bonds is 5. The van der Waals surface area contributed by atoms with Gasteiger partial charge >= 0.3 is 0 Å². The molecule has 0 aliphatic heterocycles. The molecule has 3 rings (SSSR count). The molecule has 0 saturated heterocycles. The Hall–Kier alpha value is -2.20. The van der Waals surface area contributed by atoms with Crippen molar-refractivity contribution < 1.29 is 13.8 Å². The van der Waals surface area contributed by atoms with E-state index in [2.05, 4.69) is 15.1 Å². The Labute approximate surface area is 140 Å². The summed E-state index contributed by atoms with van der Waals surface area (Å²) in [6, 6.07) is 5.64. The monoisotopic (exact) mass is 345 g/mol. The number of hydrogen-bond acceptors (Lipinski definition) is 6. The SMILES string of the molecule is COc1ccc(-c2nc(CC(C)P(C)(C)=O)no2)c2cnccc12. The highest BCUT2D eigenvalue weighted by atomic mass is 31.2. The van der Waals surface area contributed by atoms with Crippen LogP contribution < -0.4 is 4.74 Å². The van der Waals surface area contributed by atoms with Crippen molar-refractivity contribution in [2.75, 3.05) is 20.4 Å². The summed E-state index contributed by atoms with van der Waals surface area (Å²) in [5, 5.41) is 5.86. The van der Waals surface area contributed by atoms with Gasteiger partial charge in [0.25, 0.3) is 5.89 Å². The van der Waals surface area contributed by atoms with Crippen LogP contribution in [0.15, 0.2) is 35.1 Å². The number of aromatic nitrogens is 3. The van der Waals surface area contributed by atoms with Gasteiger partial charge in [0, 0.05) is 40.8 Å². The van der Waals surface area contributed by atoms with Gasteiger partial charge in [-0.15, -0.1) is 0 Å².